The molecule has 1 aliphatic heterocycles. The van der Waals surface area contributed by atoms with E-state index in [2.05, 4.69) is 29.2 Å². The van der Waals surface area contributed by atoms with Crippen LogP contribution in [0.4, 0.5) is 0 Å². The fourth-order valence-electron chi connectivity index (χ4n) is 2.64. The molecule has 0 spiro atoms. The molecule has 0 radical (unpaired) electrons. The summed E-state index contributed by atoms with van der Waals surface area (Å²) >= 11 is 0. The zero-order valence-corrected chi connectivity index (χ0v) is 12.0. The second-order valence-corrected chi connectivity index (χ2v) is 5.71. The maximum atomic E-state index is 5.25. The summed E-state index contributed by atoms with van der Waals surface area (Å²) in [5.41, 5.74) is 2.52. The average Bonchev–Trinajstić information content (AvgIpc) is 2.56. The highest BCUT2D eigenvalue weighted by atomic mass is 16.5. The Morgan fingerprint density at radius 2 is 2.22 bits per heavy atom. The van der Waals surface area contributed by atoms with E-state index in [-0.39, 0.29) is 5.54 Å². The Morgan fingerprint density at radius 1 is 1.44 bits per heavy atom. The minimum absolute atomic E-state index is 0.232. The molecule has 0 saturated carbocycles. The van der Waals surface area contributed by atoms with Gasteiger partial charge in [-0.25, -0.2) is 0 Å². The van der Waals surface area contributed by atoms with Crippen LogP contribution in [0.1, 0.15) is 43.7 Å². The summed E-state index contributed by atoms with van der Waals surface area (Å²) in [4.78, 5) is 2.52. The first kappa shape index (κ1) is 13.6. The smallest absolute Gasteiger partial charge is 0.138 e. The average molecular weight is 251 g/mol. The summed E-state index contributed by atoms with van der Waals surface area (Å²) in [6.07, 6.45) is 2.37. The lowest BCUT2D eigenvalue weighted by Gasteiger charge is -2.32. The van der Waals surface area contributed by atoms with Gasteiger partial charge in [-0.2, -0.15) is 0 Å². The van der Waals surface area contributed by atoms with Crippen LogP contribution in [0, 0.1) is 13.8 Å². The molecule has 0 bridgehead atoms. The van der Waals surface area contributed by atoms with E-state index in [1.807, 2.05) is 13.8 Å². The van der Waals surface area contributed by atoms with Crippen LogP contribution in [-0.4, -0.2) is 35.2 Å². The first-order valence-corrected chi connectivity index (χ1v) is 6.93. The Bertz CT molecular complexity index is 382. The number of hydrogen-bond acceptors (Lipinski definition) is 4. The number of rotatable bonds is 3. The van der Waals surface area contributed by atoms with Crippen LogP contribution >= 0.6 is 0 Å². The van der Waals surface area contributed by atoms with E-state index in [4.69, 9.17) is 4.52 Å². The van der Waals surface area contributed by atoms with Crippen molar-refractivity contribution in [3.63, 3.8) is 0 Å². The van der Waals surface area contributed by atoms with Gasteiger partial charge in [0.2, 0.25) is 0 Å². The largest absolute Gasteiger partial charge is 0.361 e. The SMILES string of the molecule is CCC1(C)CN(Cc2c(C)noc2C)CCCN1. The Labute approximate surface area is 110 Å². The molecular formula is C14H25N3O. The van der Waals surface area contributed by atoms with Gasteiger partial charge in [-0.15, -0.1) is 0 Å². The number of hydrogen-bond donors (Lipinski definition) is 1. The normalized spacial score (nSPS) is 26.2. The van der Waals surface area contributed by atoms with Gasteiger partial charge in [0, 0.05) is 24.2 Å². The fourth-order valence-corrected chi connectivity index (χ4v) is 2.64. The van der Waals surface area contributed by atoms with Gasteiger partial charge in [0.25, 0.3) is 0 Å². The van der Waals surface area contributed by atoms with E-state index in [1.54, 1.807) is 0 Å². The van der Waals surface area contributed by atoms with Crippen LogP contribution < -0.4 is 5.32 Å². The summed E-state index contributed by atoms with van der Waals surface area (Å²) in [5, 5.41) is 7.71. The molecule has 1 aromatic rings. The van der Waals surface area contributed by atoms with Gasteiger partial charge in [-0.3, -0.25) is 4.90 Å². The second kappa shape index (κ2) is 5.41. The number of nitrogens with one attached hydrogen (secondary N) is 1. The first-order chi connectivity index (χ1) is 8.54. The van der Waals surface area contributed by atoms with Crippen molar-refractivity contribution < 1.29 is 4.52 Å². The van der Waals surface area contributed by atoms with Crippen LogP contribution in [0.15, 0.2) is 4.52 Å². The van der Waals surface area contributed by atoms with Gasteiger partial charge in [0.15, 0.2) is 0 Å². The first-order valence-electron chi connectivity index (χ1n) is 6.93. The minimum Gasteiger partial charge on any atom is -0.361 e. The molecule has 0 aliphatic carbocycles. The third kappa shape index (κ3) is 2.93. The Kier molecular flexibility index (Phi) is 4.07. The molecule has 1 saturated heterocycles. The molecule has 1 aliphatic rings. The molecule has 1 atom stereocenters. The van der Waals surface area contributed by atoms with Crippen molar-refractivity contribution in [2.24, 2.45) is 0 Å². The highest BCUT2D eigenvalue weighted by Gasteiger charge is 2.27. The molecule has 1 unspecified atom stereocenters. The van der Waals surface area contributed by atoms with E-state index in [9.17, 15) is 0 Å². The molecule has 0 amide bonds. The maximum Gasteiger partial charge on any atom is 0.138 e. The molecule has 4 nitrogen and oxygen atoms in total. The number of nitrogens with zero attached hydrogens (tertiary/aromatic N) is 2. The van der Waals surface area contributed by atoms with E-state index in [1.165, 1.54) is 12.0 Å². The van der Waals surface area contributed by atoms with Gasteiger partial charge in [0.1, 0.15) is 5.76 Å². The molecule has 102 valence electrons. The molecule has 18 heavy (non-hydrogen) atoms. The van der Waals surface area contributed by atoms with Gasteiger partial charge >= 0.3 is 0 Å². The lowest BCUT2D eigenvalue weighted by atomic mass is 9.98. The lowest BCUT2D eigenvalue weighted by Crippen LogP contribution is -2.48. The van der Waals surface area contributed by atoms with Gasteiger partial charge in [0.05, 0.1) is 5.69 Å². The van der Waals surface area contributed by atoms with Crippen LogP contribution in [0.25, 0.3) is 0 Å². The van der Waals surface area contributed by atoms with E-state index >= 15 is 0 Å². The van der Waals surface area contributed by atoms with Crippen molar-refractivity contribution >= 4 is 0 Å². The Balaban J connectivity index is 2.08. The molecule has 2 rings (SSSR count). The highest BCUT2D eigenvalue weighted by Crippen LogP contribution is 2.20. The molecule has 4 heteroatoms. The van der Waals surface area contributed by atoms with Gasteiger partial charge in [-0.1, -0.05) is 12.1 Å². The summed E-state index contributed by atoms with van der Waals surface area (Å²) in [6.45, 7) is 12.9. The molecule has 1 aromatic heterocycles. The second-order valence-electron chi connectivity index (χ2n) is 5.71. The van der Waals surface area contributed by atoms with Crippen molar-refractivity contribution in [1.29, 1.82) is 0 Å². The van der Waals surface area contributed by atoms with E-state index in [0.717, 1.165) is 44.1 Å². The highest BCUT2D eigenvalue weighted by molar-refractivity contribution is 5.20. The lowest BCUT2D eigenvalue weighted by molar-refractivity contribution is 0.207. The quantitative estimate of drug-likeness (QED) is 0.894. The minimum atomic E-state index is 0.232. The molecule has 2 heterocycles. The van der Waals surface area contributed by atoms with Crippen LogP contribution in [-0.2, 0) is 6.54 Å². The topological polar surface area (TPSA) is 41.3 Å². The summed E-state index contributed by atoms with van der Waals surface area (Å²) in [7, 11) is 0. The monoisotopic (exact) mass is 251 g/mol. The number of aromatic nitrogens is 1. The third-order valence-corrected chi connectivity index (χ3v) is 4.12. The Hall–Kier alpha value is -0.870. The summed E-state index contributed by atoms with van der Waals surface area (Å²) < 4.78 is 5.25. The molecular weight excluding hydrogens is 226 g/mol. The van der Waals surface area contributed by atoms with E-state index < -0.39 is 0 Å². The van der Waals surface area contributed by atoms with Crippen molar-refractivity contribution in [3.05, 3.63) is 17.0 Å². The predicted molar refractivity (Wildman–Crippen MR) is 72.6 cm³/mol. The molecule has 1 fully saturated rings. The van der Waals surface area contributed by atoms with Crippen LogP contribution in [0.3, 0.4) is 0 Å². The van der Waals surface area contributed by atoms with Crippen LogP contribution in [0.2, 0.25) is 0 Å². The predicted octanol–water partition coefficient (Wildman–Crippen LogP) is 2.26. The van der Waals surface area contributed by atoms with Crippen molar-refractivity contribution in [1.82, 2.24) is 15.4 Å². The van der Waals surface area contributed by atoms with Crippen molar-refractivity contribution in [2.45, 2.75) is 52.6 Å². The van der Waals surface area contributed by atoms with Crippen molar-refractivity contribution in [2.75, 3.05) is 19.6 Å². The zero-order chi connectivity index (χ0) is 13.2. The van der Waals surface area contributed by atoms with Crippen molar-refractivity contribution in [3.8, 4) is 0 Å². The summed E-state index contributed by atoms with van der Waals surface area (Å²) in [6, 6.07) is 0. The Morgan fingerprint density at radius 3 is 2.83 bits per heavy atom. The third-order valence-electron chi connectivity index (χ3n) is 4.12. The van der Waals surface area contributed by atoms with Crippen LogP contribution in [0.5, 0.6) is 0 Å². The maximum absolute atomic E-state index is 5.25. The standard InChI is InChI=1S/C14H25N3O/c1-5-14(4)10-17(8-6-7-15-14)9-13-11(2)16-18-12(13)3/h15H,5-10H2,1-4H3. The van der Waals surface area contributed by atoms with E-state index in [0.29, 0.717) is 0 Å². The van der Waals surface area contributed by atoms with Gasteiger partial charge in [-0.05, 0) is 46.7 Å². The number of aryl methyl sites for hydroxylation is 2. The summed E-state index contributed by atoms with van der Waals surface area (Å²) in [5.74, 6) is 0.961. The zero-order valence-electron chi connectivity index (χ0n) is 12.0. The molecule has 0 aromatic carbocycles. The van der Waals surface area contributed by atoms with Gasteiger partial charge < -0.3 is 9.84 Å². The molecule has 1 N–H and O–H groups in total. The fraction of sp³-hybridized carbons (Fsp3) is 0.786.